The van der Waals surface area contributed by atoms with Gasteiger partial charge in [0.1, 0.15) is 6.04 Å². The third-order valence-electron chi connectivity index (χ3n) is 4.38. The standard InChI is InChI=1S/C21H39NO3S/c1-2-3-4-5-6-7-8-9-10-11-12-13-14-15-16-17-20(23)26-18-19(22)21(24)25/h9-10,19H,2-8,11-18,22H2,1H3,(H,24,25)/t19-/m0/s1. The van der Waals surface area contributed by atoms with E-state index in [4.69, 9.17) is 10.8 Å². The SMILES string of the molecule is CCCCCCCCC=CCCCCCCCC(=O)SC[C@H](N)C(=O)O. The van der Waals surface area contributed by atoms with Crippen molar-refractivity contribution in [1.82, 2.24) is 0 Å². The van der Waals surface area contributed by atoms with Crippen LogP contribution < -0.4 is 5.73 Å². The lowest BCUT2D eigenvalue weighted by molar-refractivity contribution is -0.137. The van der Waals surface area contributed by atoms with Crippen LogP contribution in [-0.2, 0) is 9.59 Å². The maximum absolute atomic E-state index is 11.6. The van der Waals surface area contributed by atoms with Gasteiger partial charge in [-0.25, -0.2) is 0 Å². The molecule has 0 heterocycles. The van der Waals surface area contributed by atoms with E-state index in [1.54, 1.807) is 0 Å². The van der Waals surface area contributed by atoms with Gasteiger partial charge in [0.2, 0.25) is 0 Å². The van der Waals surface area contributed by atoms with E-state index in [9.17, 15) is 9.59 Å². The highest BCUT2D eigenvalue weighted by molar-refractivity contribution is 8.13. The third kappa shape index (κ3) is 18.0. The predicted molar refractivity (Wildman–Crippen MR) is 113 cm³/mol. The zero-order valence-electron chi connectivity index (χ0n) is 16.6. The molecule has 5 heteroatoms. The number of carbonyl (C=O) groups excluding carboxylic acids is 1. The highest BCUT2D eigenvalue weighted by Crippen LogP contribution is 2.13. The predicted octanol–water partition coefficient (Wildman–Crippen LogP) is 5.70. The van der Waals surface area contributed by atoms with Crippen molar-refractivity contribution in [3.8, 4) is 0 Å². The summed E-state index contributed by atoms with van der Waals surface area (Å²) < 4.78 is 0. The van der Waals surface area contributed by atoms with Crippen LogP contribution in [0.5, 0.6) is 0 Å². The Morgan fingerprint density at radius 3 is 1.92 bits per heavy atom. The fraction of sp³-hybridized carbons (Fsp3) is 0.810. The van der Waals surface area contributed by atoms with Gasteiger partial charge in [-0.2, -0.15) is 0 Å². The molecule has 0 saturated carbocycles. The first-order chi connectivity index (χ1) is 12.6. The van der Waals surface area contributed by atoms with Gasteiger partial charge in [-0.15, -0.1) is 0 Å². The number of carboxylic acid groups (broad SMARTS) is 1. The molecule has 1 atom stereocenters. The molecule has 26 heavy (non-hydrogen) atoms. The van der Waals surface area contributed by atoms with Gasteiger partial charge in [-0.05, 0) is 32.1 Å². The molecule has 152 valence electrons. The summed E-state index contributed by atoms with van der Waals surface area (Å²) in [6.45, 7) is 2.25. The minimum atomic E-state index is -1.05. The fourth-order valence-electron chi connectivity index (χ4n) is 2.67. The number of hydrogen-bond acceptors (Lipinski definition) is 4. The maximum Gasteiger partial charge on any atom is 0.321 e. The van der Waals surface area contributed by atoms with E-state index in [1.165, 1.54) is 57.8 Å². The van der Waals surface area contributed by atoms with E-state index in [1.807, 2.05) is 0 Å². The Kier molecular flexibility index (Phi) is 18.4. The number of carbonyl (C=O) groups is 2. The molecule has 0 rings (SSSR count). The second-order valence-electron chi connectivity index (χ2n) is 6.96. The highest BCUT2D eigenvalue weighted by Gasteiger charge is 2.13. The summed E-state index contributed by atoms with van der Waals surface area (Å²) in [5, 5.41) is 8.71. The second-order valence-corrected chi connectivity index (χ2v) is 8.04. The van der Waals surface area contributed by atoms with Crippen molar-refractivity contribution in [1.29, 1.82) is 0 Å². The zero-order chi connectivity index (χ0) is 19.5. The van der Waals surface area contributed by atoms with Crippen molar-refractivity contribution in [2.24, 2.45) is 5.73 Å². The first kappa shape index (κ1) is 25.2. The van der Waals surface area contributed by atoms with Crippen molar-refractivity contribution in [2.45, 2.75) is 103 Å². The molecule has 0 bridgehead atoms. The summed E-state index contributed by atoms with van der Waals surface area (Å²) in [5.41, 5.74) is 5.37. The molecule has 0 aliphatic carbocycles. The molecular weight excluding hydrogens is 346 g/mol. The summed E-state index contributed by atoms with van der Waals surface area (Å²) in [7, 11) is 0. The molecule has 0 fully saturated rings. The summed E-state index contributed by atoms with van der Waals surface area (Å²) in [6, 6.07) is -0.946. The molecule has 0 unspecified atom stereocenters. The van der Waals surface area contributed by atoms with Crippen LogP contribution in [-0.4, -0.2) is 28.0 Å². The van der Waals surface area contributed by atoms with Crippen molar-refractivity contribution in [3.63, 3.8) is 0 Å². The Morgan fingerprint density at radius 1 is 0.885 bits per heavy atom. The van der Waals surface area contributed by atoms with Crippen LogP contribution in [0.4, 0.5) is 0 Å². The average Bonchev–Trinajstić information content (AvgIpc) is 2.62. The van der Waals surface area contributed by atoms with Gasteiger partial charge in [-0.3, -0.25) is 9.59 Å². The number of hydrogen-bond donors (Lipinski definition) is 2. The lowest BCUT2D eigenvalue weighted by Crippen LogP contribution is -2.32. The average molecular weight is 386 g/mol. The Labute approximate surface area is 164 Å². The highest BCUT2D eigenvalue weighted by atomic mass is 32.2. The Balaban J connectivity index is 3.29. The Bertz CT molecular complexity index is 385. The zero-order valence-corrected chi connectivity index (χ0v) is 17.4. The summed E-state index contributed by atoms with van der Waals surface area (Å²) in [4.78, 5) is 22.2. The van der Waals surface area contributed by atoms with Gasteiger partial charge in [0.05, 0.1) is 0 Å². The number of allylic oxidation sites excluding steroid dienone is 2. The van der Waals surface area contributed by atoms with Crippen molar-refractivity contribution >= 4 is 22.8 Å². The van der Waals surface area contributed by atoms with Crippen LogP contribution in [0.3, 0.4) is 0 Å². The monoisotopic (exact) mass is 385 g/mol. The molecule has 0 aromatic carbocycles. The number of thioether (sulfide) groups is 1. The first-order valence-electron chi connectivity index (χ1n) is 10.4. The number of nitrogens with two attached hydrogens (primary N) is 1. The van der Waals surface area contributed by atoms with Crippen LogP contribution in [0.15, 0.2) is 12.2 Å². The minimum absolute atomic E-state index is 0.0549. The largest absolute Gasteiger partial charge is 0.480 e. The maximum atomic E-state index is 11.6. The number of unbranched alkanes of at least 4 members (excludes halogenated alkanes) is 11. The van der Waals surface area contributed by atoms with Crippen LogP contribution in [0.1, 0.15) is 96.8 Å². The lowest BCUT2D eigenvalue weighted by atomic mass is 10.1. The molecule has 0 amide bonds. The van der Waals surface area contributed by atoms with Crippen LogP contribution in [0.2, 0.25) is 0 Å². The molecule has 0 spiro atoms. The van der Waals surface area contributed by atoms with Gasteiger partial charge < -0.3 is 10.8 Å². The van der Waals surface area contributed by atoms with E-state index >= 15 is 0 Å². The molecule has 3 N–H and O–H groups in total. The van der Waals surface area contributed by atoms with Crippen LogP contribution in [0.25, 0.3) is 0 Å². The molecule has 0 aromatic heterocycles. The molecule has 0 radical (unpaired) electrons. The summed E-state index contributed by atoms with van der Waals surface area (Å²) in [6.07, 6.45) is 21.3. The van der Waals surface area contributed by atoms with Gasteiger partial charge in [0.15, 0.2) is 5.12 Å². The van der Waals surface area contributed by atoms with Crippen LogP contribution >= 0.6 is 11.8 Å². The molecule has 4 nitrogen and oxygen atoms in total. The Hall–Kier alpha value is -0.810. The topological polar surface area (TPSA) is 80.4 Å². The van der Waals surface area contributed by atoms with E-state index in [0.29, 0.717) is 6.42 Å². The fourth-order valence-corrected chi connectivity index (χ4v) is 3.46. The number of rotatable bonds is 18. The quantitative estimate of drug-likeness (QED) is 0.234. The van der Waals surface area contributed by atoms with E-state index in [0.717, 1.165) is 37.4 Å². The van der Waals surface area contributed by atoms with Gasteiger partial charge >= 0.3 is 5.97 Å². The Morgan fingerprint density at radius 2 is 1.38 bits per heavy atom. The molecular formula is C21H39NO3S. The van der Waals surface area contributed by atoms with E-state index in [-0.39, 0.29) is 10.9 Å². The molecule has 0 aliphatic rings. The van der Waals surface area contributed by atoms with Gasteiger partial charge in [0, 0.05) is 12.2 Å². The number of aliphatic carboxylic acids is 1. The van der Waals surface area contributed by atoms with E-state index in [2.05, 4.69) is 19.1 Å². The first-order valence-corrected chi connectivity index (χ1v) is 11.4. The lowest BCUT2D eigenvalue weighted by Gasteiger charge is -2.05. The van der Waals surface area contributed by atoms with Crippen molar-refractivity contribution < 1.29 is 14.7 Å². The normalized spacial score (nSPS) is 12.5. The summed E-state index contributed by atoms with van der Waals surface area (Å²) in [5.74, 6) is -0.884. The number of carboxylic acids is 1. The van der Waals surface area contributed by atoms with Gasteiger partial charge in [0.25, 0.3) is 0 Å². The van der Waals surface area contributed by atoms with Crippen molar-refractivity contribution in [3.05, 3.63) is 12.2 Å². The van der Waals surface area contributed by atoms with Gasteiger partial charge in [-0.1, -0.05) is 82.2 Å². The van der Waals surface area contributed by atoms with E-state index < -0.39 is 12.0 Å². The third-order valence-corrected chi connectivity index (χ3v) is 5.44. The molecule has 0 saturated heterocycles. The van der Waals surface area contributed by atoms with Crippen LogP contribution in [0, 0.1) is 0 Å². The summed E-state index contributed by atoms with van der Waals surface area (Å²) >= 11 is 1.05. The van der Waals surface area contributed by atoms with Crippen molar-refractivity contribution in [2.75, 3.05) is 5.75 Å². The molecule has 0 aromatic rings. The second kappa shape index (κ2) is 19.0. The molecule has 0 aliphatic heterocycles. The smallest absolute Gasteiger partial charge is 0.321 e. The minimum Gasteiger partial charge on any atom is -0.480 e.